The molecular weight excluding hydrogens is 264 g/mol. The molecule has 1 aliphatic rings. The maximum atomic E-state index is 2.39. The summed E-state index contributed by atoms with van der Waals surface area (Å²) in [6.07, 6.45) is 9.71. The summed E-state index contributed by atoms with van der Waals surface area (Å²) >= 11 is 0. The van der Waals surface area contributed by atoms with Crippen molar-refractivity contribution in [2.45, 2.75) is 45.4 Å². The first-order valence-electron chi connectivity index (χ1n) is 8.59. The quantitative estimate of drug-likeness (QED) is 0.591. The highest BCUT2D eigenvalue weighted by atomic mass is 14.2. The maximum absolute atomic E-state index is 2.39. The van der Waals surface area contributed by atoms with E-state index in [9.17, 15) is 0 Å². The topological polar surface area (TPSA) is 0 Å². The molecule has 0 unspecified atom stereocenters. The molecule has 0 heterocycles. The van der Waals surface area contributed by atoms with Crippen LogP contribution in [-0.2, 0) is 0 Å². The molecule has 0 N–H and O–H groups in total. The monoisotopic (exact) mass is 290 g/mol. The Morgan fingerprint density at radius 1 is 0.773 bits per heavy atom. The van der Waals surface area contributed by atoms with Gasteiger partial charge in [0.15, 0.2) is 0 Å². The molecule has 114 valence electrons. The zero-order valence-electron chi connectivity index (χ0n) is 13.8. The number of benzene rings is 2. The van der Waals surface area contributed by atoms with Crippen LogP contribution in [-0.4, -0.2) is 0 Å². The molecule has 0 heteroatoms. The van der Waals surface area contributed by atoms with E-state index in [-0.39, 0.29) is 0 Å². The summed E-state index contributed by atoms with van der Waals surface area (Å²) in [6, 6.07) is 18.1. The Kier molecular flexibility index (Phi) is 4.77. The molecule has 0 atom stereocenters. The lowest BCUT2D eigenvalue weighted by molar-refractivity contribution is 0.348. The number of rotatable bonds is 3. The van der Waals surface area contributed by atoms with Gasteiger partial charge in [-0.2, -0.15) is 0 Å². The zero-order chi connectivity index (χ0) is 15.4. The van der Waals surface area contributed by atoms with Gasteiger partial charge >= 0.3 is 0 Å². The molecule has 0 spiro atoms. The van der Waals surface area contributed by atoms with E-state index in [1.54, 1.807) is 0 Å². The van der Waals surface area contributed by atoms with Gasteiger partial charge in [-0.1, -0.05) is 80.4 Å². The van der Waals surface area contributed by atoms with E-state index in [0.29, 0.717) is 0 Å². The van der Waals surface area contributed by atoms with Crippen LogP contribution in [0.4, 0.5) is 0 Å². The lowest BCUT2D eigenvalue weighted by Gasteiger charge is -2.26. The van der Waals surface area contributed by atoms with Gasteiger partial charge < -0.3 is 0 Å². The fourth-order valence-corrected chi connectivity index (χ4v) is 3.52. The van der Waals surface area contributed by atoms with Crippen LogP contribution in [0, 0.1) is 5.92 Å². The normalized spacial score (nSPS) is 22.1. The van der Waals surface area contributed by atoms with Gasteiger partial charge in [-0.15, -0.1) is 0 Å². The van der Waals surface area contributed by atoms with Crippen molar-refractivity contribution in [3.63, 3.8) is 0 Å². The van der Waals surface area contributed by atoms with Crippen molar-refractivity contribution in [3.8, 4) is 11.1 Å². The van der Waals surface area contributed by atoms with Crippen molar-refractivity contribution in [2.24, 2.45) is 5.92 Å². The average Bonchev–Trinajstić information content (AvgIpc) is 2.57. The Balaban J connectivity index is 1.73. The lowest BCUT2D eigenvalue weighted by Crippen LogP contribution is -2.10. The first-order chi connectivity index (χ1) is 10.8. The molecule has 2 aromatic carbocycles. The maximum Gasteiger partial charge on any atom is -0.0162 e. The summed E-state index contributed by atoms with van der Waals surface area (Å²) in [5.74, 6) is 1.70. The molecule has 1 aliphatic carbocycles. The van der Waals surface area contributed by atoms with E-state index in [2.05, 4.69) is 74.5 Å². The van der Waals surface area contributed by atoms with Crippen molar-refractivity contribution < 1.29 is 0 Å². The second-order valence-electron chi connectivity index (χ2n) is 6.70. The van der Waals surface area contributed by atoms with Gasteiger partial charge in [0.25, 0.3) is 0 Å². The minimum Gasteiger partial charge on any atom is -0.0871 e. The van der Waals surface area contributed by atoms with Gasteiger partial charge in [-0.25, -0.2) is 0 Å². The SMILES string of the molecule is CC=Cc1ccc(-c2ccc(C3CCC(C)CC3)cc2)cc1. The third kappa shape index (κ3) is 3.50. The Morgan fingerprint density at radius 3 is 1.86 bits per heavy atom. The van der Waals surface area contributed by atoms with Crippen LogP contribution < -0.4 is 0 Å². The van der Waals surface area contributed by atoms with E-state index in [0.717, 1.165) is 11.8 Å². The fraction of sp³-hybridized carbons (Fsp3) is 0.364. The van der Waals surface area contributed by atoms with Crippen molar-refractivity contribution in [1.29, 1.82) is 0 Å². The lowest BCUT2D eigenvalue weighted by atomic mass is 9.79. The van der Waals surface area contributed by atoms with E-state index < -0.39 is 0 Å². The van der Waals surface area contributed by atoms with Crippen molar-refractivity contribution in [3.05, 3.63) is 65.7 Å². The van der Waals surface area contributed by atoms with E-state index >= 15 is 0 Å². The number of hydrogen-bond donors (Lipinski definition) is 0. The van der Waals surface area contributed by atoms with Crippen LogP contribution in [0.15, 0.2) is 54.6 Å². The minimum absolute atomic E-state index is 0.780. The first-order valence-corrected chi connectivity index (χ1v) is 8.59. The summed E-state index contributed by atoms with van der Waals surface area (Å²) in [5.41, 5.74) is 5.41. The molecule has 0 radical (unpaired) electrons. The molecular formula is C22H26. The van der Waals surface area contributed by atoms with Crippen LogP contribution >= 0.6 is 0 Å². The Labute approximate surface area is 134 Å². The van der Waals surface area contributed by atoms with Gasteiger partial charge in [-0.05, 0) is 53.9 Å². The van der Waals surface area contributed by atoms with E-state index in [4.69, 9.17) is 0 Å². The molecule has 0 aliphatic heterocycles. The molecule has 2 aromatic rings. The molecule has 1 fully saturated rings. The highest BCUT2D eigenvalue weighted by molar-refractivity contribution is 5.66. The van der Waals surface area contributed by atoms with Crippen molar-refractivity contribution in [2.75, 3.05) is 0 Å². The molecule has 0 amide bonds. The van der Waals surface area contributed by atoms with Crippen LogP contribution in [0.1, 0.15) is 56.6 Å². The van der Waals surface area contributed by atoms with Gasteiger partial charge in [-0.3, -0.25) is 0 Å². The van der Waals surface area contributed by atoms with Crippen molar-refractivity contribution in [1.82, 2.24) is 0 Å². The molecule has 0 saturated heterocycles. The summed E-state index contributed by atoms with van der Waals surface area (Å²) < 4.78 is 0. The van der Waals surface area contributed by atoms with Crippen LogP contribution in [0.25, 0.3) is 17.2 Å². The predicted molar refractivity (Wildman–Crippen MR) is 97.0 cm³/mol. The summed E-state index contributed by atoms with van der Waals surface area (Å²) in [6.45, 7) is 4.44. The fourth-order valence-electron chi connectivity index (χ4n) is 3.52. The van der Waals surface area contributed by atoms with Gasteiger partial charge in [0.1, 0.15) is 0 Å². The van der Waals surface area contributed by atoms with Gasteiger partial charge in [0, 0.05) is 0 Å². The molecule has 1 saturated carbocycles. The summed E-state index contributed by atoms with van der Waals surface area (Å²) in [4.78, 5) is 0. The zero-order valence-corrected chi connectivity index (χ0v) is 13.8. The minimum atomic E-state index is 0.780. The highest BCUT2D eigenvalue weighted by Gasteiger charge is 2.19. The second-order valence-corrected chi connectivity index (χ2v) is 6.70. The average molecular weight is 290 g/mol. The molecule has 0 nitrogen and oxygen atoms in total. The second kappa shape index (κ2) is 6.96. The van der Waals surface area contributed by atoms with Crippen LogP contribution in [0.3, 0.4) is 0 Å². The predicted octanol–water partition coefficient (Wildman–Crippen LogP) is 6.68. The largest absolute Gasteiger partial charge is 0.0871 e. The molecule has 3 rings (SSSR count). The van der Waals surface area contributed by atoms with E-state index in [1.165, 1.54) is 47.9 Å². The Morgan fingerprint density at radius 2 is 1.32 bits per heavy atom. The number of allylic oxidation sites excluding steroid dienone is 1. The molecule has 0 bridgehead atoms. The number of hydrogen-bond acceptors (Lipinski definition) is 0. The molecule has 22 heavy (non-hydrogen) atoms. The third-order valence-electron chi connectivity index (χ3n) is 5.00. The van der Waals surface area contributed by atoms with Crippen LogP contribution in [0.5, 0.6) is 0 Å². The van der Waals surface area contributed by atoms with Crippen molar-refractivity contribution >= 4 is 6.08 Å². The smallest absolute Gasteiger partial charge is 0.0162 e. The summed E-state index contributed by atoms with van der Waals surface area (Å²) in [5, 5.41) is 0. The standard InChI is InChI=1S/C22H26/c1-3-4-18-7-11-20(12-8-18)22-15-13-21(14-16-22)19-9-5-17(2)6-10-19/h3-4,7-8,11-17,19H,5-6,9-10H2,1-2H3. The van der Waals surface area contributed by atoms with Gasteiger partial charge in [0.2, 0.25) is 0 Å². The highest BCUT2D eigenvalue weighted by Crippen LogP contribution is 2.36. The third-order valence-corrected chi connectivity index (χ3v) is 5.00. The summed E-state index contributed by atoms with van der Waals surface area (Å²) in [7, 11) is 0. The van der Waals surface area contributed by atoms with E-state index in [1.807, 2.05) is 0 Å². The Hall–Kier alpha value is -1.82. The Bertz CT molecular complexity index is 608. The molecule has 0 aromatic heterocycles. The van der Waals surface area contributed by atoms with Gasteiger partial charge in [0.05, 0.1) is 0 Å². The first kappa shape index (κ1) is 15.1. The van der Waals surface area contributed by atoms with Crippen LogP contribution in [0.2, 0.25) is 0 Å².